The van der Waals surface area contributed by atoms with Gasteiger partial charge in [-0.3, -0.25) is 9.78 Å². The molecule has 2 rings (SSSR count). The molecule has 2 aromatic rings. The van der Waals surface area contributed by atoms with Gasteiger partial charge in [-0.05, 0) is 49.2 Å². The molecule has 0 bridgehead atoms. The first kappa shape index (κ1) is 16.8. The first-order chi connectivity index (χ1) is 11.1. The van der Waals surface area contributed by atoms with Crippen molar-refractivity contribution in [3.63, 3.8) is 0 Å². The molecule has 0 aliphatic rings. The van der Waals surface area contributed by atoms with Crippen LogP contribution in [0.5, 0.6) is 5.75 Å². The summed E-state index contributed by atoms with van der Waals surface area (Å²) in [6.45, 7) is 7.34. The molecule has 23 heavy (non-hydrogen) atoms. The molecule has 1 aromatic carbocycles. The molecule has 0 spiro atoms. The molecule has 122 valence electrons. The maximum atomic E-state index is 12.1. The van der Waals surface area contributed by atoms with E-state index in [-0.39, 0.29) is 5.91 Å². The van der Waals surface area contributed by atoms with E-state index in [1.165, 1.54) is 0 Å². The fraction of sp³-hybridized carbons (Fsp3) is 0.333. The van der Waals surface area contributed by atoms with Gasteiger partial charge in [-0.15, -0.1) is 0 Å². The standard InChI is InChI=1S/C18H23N3O2/c1-4-23-16-7-5-14(6-8-16)21-15-9-10-19-17(11-15)18(22)20-12-13(2)3/h5-11,13H,4,12H2,1-3H3,(H,19,21)(H,20,22). The summed E-state index contributed by atoms with van der Waals surface area (Å²) in [6.07, 6.45) is 1.63. The number of aromatic nitrogens is 1. The van der Waals surface area contributed by atoms with Crippen LogP contribution in [0.2, 0.25) is 0 Å². The third kappa shape index (κ3) is 5.29. The van der Waals surface area contributed by atoms with Gasteiger partial charge in [0.15, 0.2) is 0 Å². The lowest BCUT2D eigenvalue weighted by atomic mass is 10.2. The van der Waals surface area contributed by atoms with E-state index in [4.69, 9.17) is 4.74 Å². The van der Waals surface area contributed by atoms with Gasteiger partial charge in [0.1, 0.15) is 11.4 Å². The maximum Gasteiger partial charge on any atom is 0.269 e. The Morgan fingerprint density at radius 3 is 2.57 bits per heavy atom. The zero-order chi connectivity index (χ0) is 16.7. The Morgan fingerprint density at radius 2 is 1.91 bits per heavy atom. The predicted molar refractivity (Wildman–Crippen MR) is 92.3 cm³/mol. The van der Waals surface area contributed by atoms with E-state index in [1.807, 2.05) is 37.3 Å². The number of carbonyl (C=O) groups is 1. The number of carbonyl (C=O) groups excluding carboxylic acids is 1. The highest BCUT2D eigenvalue weighted by atomic mass is 16.5. The lowest BCUT2D eigenvalue weighted by molar-refractivity contribution is 0.0944. The van der Waals surface area contributed by atoms with E-state index in [9.17, 15) is 4.79 Å². The van der Waals surface area contributed by atoms with Crippen LogP contribution in [0.25, 0.3) is 0 Å². The molecule has 0 fully saturated rings. The monoisotopic (exact) mass is 313 g/mol. The first-order valence-corrected chi connectivity index (χ1v) is 7.82. The van der Waals surface area contributed by atoms with Gasteiger partial charge >= 0.3 is 0 Å². The van der Waals surface area contributed by atoms with Gasteiger partial charge in [0.25, 0.3) is 5.91 Å². The van der Waals surface area contributed by atoms with Crippen molar-refractivity contribution in [1.82, 2.24) is 10.3 Å². The second-order valence-electron chi connectivity index (χ2n) is 5.62. The highest BCUT2D eigenvalue weighted by Gasteiger charge is 2.08. The van der Waals surface area contributed by atoms with Crippen LogP contribution >= 0.6 is 0 Å². The average Bonchev–Trinajstić information content (AvgIpc) is 2.55. The largest absolute Gasteiger partial charge is 0.494 e. The molecule has 0 radical (unpaired) electrons. The van der Waals surface area contributed by atoms with Crippen LogP contribution in [0.15, 0.2) is 42.6 Å². The Hall–Kier alpha value is -2.56. The molecule has 0 atom stereocenters. The van der Waals surface area contributed by atoms with Crippen molar-refractivity contribution in [3.05, 3.63) is 48.3 Å². The second-order valence-corrected chi connectivity index (χ2v) is 5.62. The smallest absolute Gasteiger partial charge is 0.269 e. The minimum Gasteiger partial charge on any atom is -0.494 e. The summed E-state index contributed by atoms with van der Waals surface area (Å²) in [4.78, 5) is 16.2. The fourth-order valence-corrected chi connectivity index (χ4v) is 1.99. The Morgan fingerprint density at radius 1 is 1.17 bits per heavy atom. The predicted octanol–water partition coefficient (Wildman–Crippen LogP) is 3.61. The number of nitrogens with one attached hydrogen (secondary N) is 2. The molecular weight excluding hydrogens is 290 g/mol. The van der Waals surface area contributed by atoms with Crippen molar-refractivity contribution in [3.8, 4) is 5.75 Å². The van der Waals surface area contributed by atoms with E-state index in [0.717, 1.165) is 17.1 Å². The maximum absolute atomic E-state index is 12.1. The summed E-state index contributed by atoms with van der Waals surface area (Å²) in [5, 5.41) is 6.12. The van der Waals surface area contributed by atoms with Gasteiger partial charge in [0.05, 0.1) is 6.61 Å². The number of nitrogens with zero attached hydrogens (tertiary/aromatic N) is 1. The van der Waals surface area contributed by atoms with Crippen molar-refractivity contribution in [2.75, 3.05) is 18.5 Å². The lowest BCUT2D eigenvalue weighted by Gasteiger charge is -2.10. The van der Waals surface area contributed by atoms with Crippen molar-refractivity contribution < 1.29 is 9.53 Å². The van der Waals surface area contributed by atoms with Crippen LogP contribution in [0.1, 0.15) is 31.3 Å². The quantitative estimate of drug-likeness (QED) is 0.819. The van der Waals surface area contributed by atoms with E-state index in [0.29, 0.717) is 24.8 Å². The van der Waals surface area contributed by atoms with Gasteiger partial charge in [0.2, 0.25) is 0 Å². The zero-order valence-electron chi connectivity index (χ0n) is 13.8. The zero-order valence-corrected chi connectivity index (χ0v) is 13.8. The molecule has 2 N–H and O–H groups in total. The van der Waals surface area contributed by atoms with Gasteiger partial charge in [0, 0.05) is 24.1 Å². The molecule has 0 saturated carbocycles. The van der Waals surface area contributed by atoms with Crippen molar-refractivity contribution in [1.29, 1.82) is 0 Å². The van der Waals surface area contributed by atoms with Gasteiger partial charge in [-0.2, -0.15) is 0 Å². The van der Waals surface area contributed by atoms with Crippen molar-refractivity contribution >= 4 is 17.3 Å². The molecule has 0 saturated heterocycles. The number of hydrogen-bond acceptors (Lipinski definition) is 4. The summed E-state index contributed by atoms with van der Waals surface area (Å²) in [6, 6.07) is 11.3. The topological polar surface area (TPSA) is 63.2 Å². The Labute approximate surface area is 137 Å². The molecular formula is C18H23N3O2. The molecule has 1 aromatic heterocycles. The van der Waals surface area contributed by atoms with Crippen LogP contribution in [0.3, 0.4) is 0 Å². The highest BCUT2D eigenvalue weighted by molar-refractivity contribution is 5.93. The molecule has 0 aliphatic heterocycles. The third-order valence-corrected chi connectivity index (χ3v) is 3.12. The molecule has 5 nitrogen and oxygen atoms in total. The Balaban J connectivity index is 2.03. The van der Waals surface area contributed by atoms with Gasteiger partial charge < -0.3 is 15.4 Å². The molecule has 1 heterocycles. The third-order valence-electron chi connectivity index (χ3n) is 3.12. The van der Waals surface area contributed by atoms with Gasteiger partial charge in [-0.1, -0.05) is 13.8 Å². The van der Waals surface area contributed by atoms with Crippen LogP contribution in [-0.4, -0.2) is 24.0 Å². The minimum atomic E-state index is -0.158. The normalized spacial score (nSPS) is 10.4. The number of benzene rings is 1. The van der Waals surface area contributed by atoms with Crippen LogP contribution in [0.4, 0.5) is 11.4 Å². The summed E-state index contributed by atoms with van der Waals surface area (Å²) in [5.41, 5.74) is 2.15. The SMILES string of the molecule is CCOc1ccc(Nc2ccnc(C(=O)NCC(C)C)c2)cc1. The van der Waals surface area contributed by atoms with Crippen LogP contribution in [0, 0.1) is 5.92 Å². The average molecular weight is 313 g/mol. The summed E-state index contributed by atoms with van der Waals surface area (Å²) in [5.74, 6) is 1.08. The van der Waals surface area contributed by atoms with Crippen LogP contribution in [-0.2, 0) is 0 Å². The Kier molecular flexibility index (Phi) is 5.97. The molecule has 0 unspecified atom stereocenters. The fourth-order valence-electron chi connectivity index (χ4n) is 1.99. The van der Waals surface area contributed by atoms with E-state index in [2.05, 4.69) is 29.5 Å². The highest BCUT2D eigenvalue weighted by Crippen LogP contribution is 2.20. The summed E-state index contributed by atoms with van der Waals surface area (Å²) in [7, 11) is 0. The van der Waals surface area contributed by atoms with E-state index in [1.54, 1.807) is 12.3 Å². The number of ether oxygens (including phenoxy) is 1. The van der Waals surface area contributed by atoms with Crippen molar-refractivity contribution in [2.45, 2.75) is 20.8 Å². The molecule has 5 heteroatoms. The van der Waals surface area contributed by atoms with E-state index >= 15 is 0 Å². The number of rotatable bonds is 7. The minimum absolute atomic E-state index is 0.158. The molecule has 0 aliphatic carbocycles. The number of amides is 1. The number of hydrogen-bond donors (Lipinski definition) is 2. The van der Waals surface area contributed by atoms with Crippen LogP contribution < -0.4 is 15.4 Å². The summed E-state index contributed by atoms with van der Waals surface area (Å²) < 4.78 is 5.42. The first-order valence-electron chi connectivity index (χ1n) is 7.82. The second kappa shape index (κ2) is 8.17. The Bertz CT molecular complexity index is 639. The summed E-state index contributed by atoms with van der Waals surface area (Å²) >= 11 is 0. The van der Waals surface area contributed by atoms with E-state index < -0.39 is 0 Å². The number of anilines is 2. The van der Waals surface area contributed by atoms with Crippen molar-refractivity contribution in [2.24, 2.45) is 5.92 Å². The lowest BCUT2D eigenvalue weighted by Crippen LogP contribution is -2.28. The number of pyridine rings is 1. The molecule has 1 amide bonds. The van der Waals surface area contributed by atoms with Gasteiger partial charge in [-0.25, -0.2) is 0 Å².